The summed E-state index contributed by atoms with van der Waals surface area (Å²) >= 11 is 0. The second kappa shape index (κ2) is 9.25. The Morgan fingerprint density at radius 2 is 2.11 bits per heavy atom. The predicted molar refractivity (Wildman–Crippen MR) is 138 cm³/mol. The normalized spacial score (nSPS) is 17.3. The second-order valence-corrected chi connectivity index (χ2v) is 9.19. The molecule has 5 heterocycles. The van der Waals surface area contributed by atoms with E-state index in [-0.39, 0.29) is 12.0 Å². The summed E-state index contributed by atoms with van der Waals surface area (Å²) in [5.74, 6) is 0.591. The molecule has 2 N–H and O–H groups in total. The van der Waals surface area contributed by atoms with Crippen LogP contribution >= 0.6 is 0 Å². The Labute approximate surface area is 209 Å². The van der Waals surface area contributed by atoms with Crippen LogP contribution in [0.2, 0.25) is 0 Å². The van der Waals surface area contributed by atoms with Crippen LogP contribution in [0.3, 0.4) is 0 Å². The van der Waals surface area contributed by atoms with Gasteiger partial charge in [-0.1, -0.05) is 6.07 Å². The number of amides is 1. The minimum atomic E-state index is -0.0897. The van der Waals surface area contributed by atoms with Crippen LogP contribution in [0, 0.1) is 6.92 Å². The van der Waals surface area contributed by atoms with Gasteiger partial charge in [-0.15, -0.1) is 0 Å². The lowest BCUT2D eigenvalue weighted by molar-refractivity contribution is -0.0100. The van der Waals surface area contributed by atoms with Gasteiger partial charge in [-0.2, -0.15) is 0 Å². The Morgan fingerprint density at radius 3 is 2.94 bits per heavy atom. The number of carbonyl (C=O) groups excluding carboxylic acids is 1. The number of carbonyl (C=O) groups is 1. The molecule has 1 atom stereocenters. The van der Waals surface area contributed by atoms with Crippen molar-refractivity contribution in [2.45, 2.75) is 19.6 Å². The molecule has 0 spiro atoms. The average Bonchev–Trinajstić information content (AvgIpc) is 3.49. The van der Waals surface area contributed by atoms with Crippen molar-refractivity contribution in [3.63, 3.8) is 0 Å². The molecule has 9 heteroatoms. The van der Waals surface area contributed by atoms with Gasteiger partial charge in [0.15, 0.2) is 0 Å². The zero-order chi connectivity index (χ0) is 24.6. The number of anilines is 3. The van der Waals surface area contributed by atoms with Gasteiger partial charge in [-0.25, -0.2) is 9.97 Å². The highest BCUT2D eigenvalue weighted by molar-refractivity contribution is 6.06. The smallest absolute Gasteiger partial charge is 0.254 e. The number of hydrogen-bond acceptors (Lipinski definition) is 7. The first-order valence-corrected chi connectivity index (χ1v) is 12.1. The average molecular weight is 485 g/mol. The molecule has 6 rings (SSSR count). The van der Waals surface area contributed by atoms with E-state index in [0.29, 0.717) is 31.1 Å². The molecular weight excluding hydrogens is 456 g/mol. The zero-order valence-corrected chi connectivity index (χ0v) is 20.3. The van der Waals surface area contributed by atoms with Crippen molar-refractivity contribution in [1.82, 2.24) is 19.7 Å². The van der Waals surface area contributed by atoms with Crippen molar-refractivity contribution in [3.05, 3.63) is 71.7 Å². The van der Waals surface area contributed by atoms with Crippen LogP contribution in [0.4, 0.5) is 17.2 Å². The predicted octanol–water partition coefficient (Wildman–Crippen LogP) is 3.54. The van der Waals surface area contributed by atoms with Crippen molar-refractivity contribution < 1.29 is 14.3 Å². The number of aromatic nitrogens is 3. The summed E-state index contributed by atoms with van der Waals surface area (Å²) in [4.78, 5) is 24.3. The van der Waals surface area contributed by atoms with E-state index in [4.69, 9.17) is 9.47 Å². The first-order valence-electron chi connectivity index (χ1n) is 12.1. The zero-order valence-electron chi connectivity index (χ0n) is 20.3. The van der Waals surface area contributed by atoms with Crippen LogP contribution in [-0.4, -0.2) is 59.8 Å². The molecule has 3 aromatic heterocycles. The molecule has 0 radical (unpaired) electrons. The number of pyridine rings is 2. The van der Waals surface area contributed by atoms with Gasteiger partial charge in [-0.05, 0) is 48.4 Å². The summed E-state index contributed by atoms with van der Waals surface area (Å²) in [6.45, 7) is 5.33. The summed E-state index contributed by atoms with van der Waals surface area (Å²) in [7, 11) is 1.69. The van der Waals surface area contributed by atoms with E-state index in [1.54, 1.807) is 7.11 Å². The topological polar surface area (TPSA) is 93.0 Å². The third kappa shape index (κ3) is 4.06. The number of fused-ring (bicyclic) bond motifs is 2. The molecule has 0 saturated carbocycles. The molecule has 4 aromatic rings. The standard InChI is InChI=1S/C27H28N6O3/c1-17-7-8-33-23(14-29-25(33)11-17)20-4-5-22(26-21(20)13-30-27(26)34)31-24-6-3-18(12-28-24)32-9-10-36-19(15-32)16-35-2/h3-8,11-12,14,19H,9-10,13,15-16H2,1-2H3,(H,28,31)(H,30,34)/t19-/m1/s1. The van der Waals surface area contributed by atoms with Crippen molar-refractivity contribution in [2.24, 2.45) is 0 Å². The summed E-state index contributed by atoms with van der Waals surface area (Å²) in [6.07, 6.45) is 5.79. The van der Waals surface area contributed by atoms with Gasteiger partial charge in [0.05, 0.1) is 54.3 Å². The van der Waals surface area contributed by atoms with Gasteiger partial charge < -0.3 is 25.0 Å². The van der Waals surface area contributed by atoms with Crippen LogP contribution in [0.5, 0.6) is 0 Å². The third-order valence-corrected chi connectivity index (χ3v) is 6.78. The largest absolute Gasteiger partial charge is 0.382 e. The third-order valence-electron chi connectivity index (χ3n) is 6.78. The van der Waals surface area contributed by atoms with Crippen molar-refractivity contribution in [1.29, 1.82) is 0 Å². The number of benzene rings is 1. The van der Waals surface area contributed by atoms with E-state index in [1.807, 2.05) is 48.9 Å². The quantitative estimate of drug-likeness (QED) is 0.432. The molecule has 2 aliphatic heterocycles. The van der Waals surface area contributed by atoms with Crippen molar-refractivity contribution >= 4 is 28.7 Å². The lowest BCUT2D eigenvalue weighted by Gasteiger charge is -2.34. The molecule has 0 aliphatic carbocycles. The number of hydrogen-bond donors (Lipinski definition) is 2. The fraction of sp³-hybridized carbons (Fsp3) is 0.296. The fourth-order valence-corrected chi connectivity index (χ4v) is 5.00. The molecule has 1 fully saturated rings. The van der Waals surface area contributed by atoms with E-state index < -0.39 is 0 Å². The van der Waals surface area contributed by atoms with Crippen molar-refractivity contribution in [2.75, 3.05) is 43.6 Å². The maximum Gasteiger partial charge on any atom is 0.254 e. The first kappa shape index (κ1) is 22.5. The van der Waals surface area contributed by atoms with Crippen LogP contribution < -0.4 is 15.5 Å². The highest BCUT2D eigenvalue weighted by Gasteiger charge is 2.27. The van der Waals surface area contributed by atoms with Crippen LogP contribution in [-0.2, 0) is 16.0 Å². The maximum absolute atomic E-state index is 12.8. The Kier molecular flexibility index (Phi) is 5.79. The fourth-order valence-electron chi connectivity index (χ4n) is 5.00. The molecule has 9 nitrogen and oxygen atoms in total. The lowest BCUT2D eigenvalue weighted by Crippen LogP contribution is -2.44. The molecular formula is C27H28N6O3. The molecule has 1 saturated heterocycles. The molecule has 0 unspecified atom stereocenters. The van der Waals surface area contributed by atoms with Gasteiger partial charge in [0.25, 0.3) is 5.91 Å². The van der Waals surface area contributed by atoms with Gasteiger partial charge in [0.2, 0.25) is 0 Å². The summed E-state index contributed by atoms with van der Waals surface area (Å²) in [5.41, 5.74) is 7.37. The number of morpholine rings is 1. The number of nitrogens with one attached hydrogen (secondary N) is 2. The second-order valence-electron chi connectivity index (χ2n) is 9.19. The van der Waals surface area contributed by atoms with E-state index >= 15 is 0 Å². The van der Waals surface area contributed by atoms with Gasteiger partial charge >= 0.3 is 0 Å². The maximum atomic E-state index is 12.8. The number of aryl methyl sites for hydroxylation is 1. The van der Waals surface area contributed by atoms with Crippen LogP contribution in [0.1, 0.15) is 21.5 Å². The Hall–Kier alpha value is -3.95. The highest BCUT2D eigenvalue weighted by atomic mass is 16.5. The number of rotatable bonds is 6. The van der Waals surface area contributed by atoms with E-state index in [0.717, 1.165) is 52.5 Å². The van der Waals surface area contributed by atoms with E-state index in [9.17, 15) is 4.79 Å². The number of methoxy groups -OCH3 is 1. The Balaban J connectivity index is 1.27. The molecule has 184 valence electrons. The molecule has 1 amide bonds. The molecule has 2 aliphatic rings. The lowest BCUT2D eigenvalue weighted by atomic mass is 9.99. The summed E-state index contributed by atoms with van der Waals surface area (Å²) in [5, 5.41) is 6.33. The Morgan fingerprint density at radius 1 is 1.19 bits per heavy atom. The first-order chi connectivity index (χ1) is 17.6. The molecule has 36 heavy (non-hydrogen) atoms. The highest BCUT2D eigenvalue weighted by Crippen LogP contribution is 2.35. The SMILES string of the molecule is COC[C@H]1CN(c2ccc(Nc3ccc(-c4cnc5cc(C)ccn45)c4c3C(=O)NC4)nc2)CCO1. The molecule has 1 aromatic carbocycles. The number of ether oxygens (including phenoxy) is 2. The van der Waals surface area contributed by atoms with E-state index in [2.05, 4.69) is 42.9 Å². The van der Waals surface area contributed by atoms with Gasteiger partial charge in [0.1, 0.15) is 11.5 Å². The van der Waals surface area contributed by atoms with Crippen LogP contribution in [0.25, 0.3) is 16.9 Å². The molecule has 0 bridgehead atoms. The van der Waals surface area contributed by atoms with Gasteiger partial charge in [-0.3, -0.25) is 9.20 Å². The minimum Gasteiger partial charge on any atom is -0.382 e. The number of nitrogens with zero attached hydrogens (tertiary/aromatic N) is 4. The van der Waals surface area contributed by atoms with Crippen LogP contribution in [0.15, 0.2) is 55.0 Å². The Bertz CT molecular complexity index is 1430. The number of imidazole rings is 1. The summed E-state index contributed by atoms with van der Waals surface area (Å²) in [6, 6.07) is 12.1. The summed E-state index contributed by atoms with van der Waals surface area (Å²) < 4.78 is 13.0. The van der Waals surface area contributed by atoms with Crippen molar-refractivity contribution in [3.8, 4) is 11.3 Å². The van der Waals surface area contributed by atoms with E-state index in [1.165, 1.54) is 0 Å². The monoisotopic (exact) mass is 484 g/mol. The minimum absolute atomic E-state index is 0.0538. The van der Waals surface area contributed by atoms with Gasteiger partial charge in [0, 0.05) is 38.5 Å².